The molecular formula is C18H16N2O4S. The molecule has 2 N–H and O–H groups in total. The van der Waals surface area contributed by atoms with E-state index in [1.807, 2.05) is 26.0 Å². The lowest BCUT2D eigenvalue weighted by atomic mass is 10.1. The van der Waals surface area contributed by atoms with Gasteiger partial charge in [-0.05, 0) is 55.3 Å². The van der Waals surface area contributed by atoms with Crippen molar-refractivity contribution in [2.24, 2.45) is 0 Å². The van der Waals surface area contributed by atoms with E-state index in [4.69, 9.17) is 4.74 Å². The number of aromatic nitrogens is 1. The molecule has 0 aliphatic rings. The van der Waals surface area contributed by atoms with Gasteiger partial charge < -0.3 is 9.84 Å². The molecule has 0 aliphatic carbocycles. The van der Waals surface area contributed by atoms with Gasteiger partial charge in [-0.1, -0.05) is 17.4 Å². The zero-order chi connectivity index (χ0) is 18.0. The highest BCUT2D eigenvalue weighted by Crippen LogP contribution is 2.29. The molecule has 0 radical (unpaired) electrons. The van der Waals surface area contributed by atoms with Gasteiger partial charge in [-0.3, -0.25) is 10.1 Å². The van der Waals surface area contributed by atoms with E-state index in [-0.39, 0.29) is 11.3 Å². The summed E-state index contributed by atoms with van der Waals surface area (Å²) in [5.41, 5.74) is 3.29. The van der Waals surface area contributed by atoms with E-state index in [0.717, 1.165) is 21.3 Å². The maximum Gasteiger partial charge on any atom is 0.338 e. The van der Waals surface area contributed by atoms with Gasteiger partial charge in [0, 0.05) is 0 Å². The first-order chi connectivity index (χ1) is 11.9. The molecule has 0 bridgehead atoms. The van der Waals surface area contributed by atoms with Gasteiger partial charge in [-0.15, -0.1) is 0 Å². The fourth-order valence-electron chi connectivity index (χ4n) is 2.39. The number of phenols is 1. The number of ether oxygens (including phenoxy) is 1. The standard InChI is InChI=1S/C18H16N2O4S/c1-10-7-11(2)16-14(8-10)25-18(20-16)19-15(22)9-24-17(23)12-3-5-13(21)6-4-12/h3-8,21H,9H2,1-2H3,(H,19,20,22). The highest BCUT2D eigenvalue weighted by atomic mass is 32.1. The summed E-state index contributed by atoms with van der Waals surface area (Å²) in [6.45, 7) is 3.57. The highest BCUT2D eigenvalue weighted by molar-refractivity contribution is 7.22. The van der Waals surface area contributed by atoms with Crippen LogP contribution in [0.15, 0.2) is 36.4 Å². The summed E-state index contributed by atoms with van der Waals surface area (Å²) in [5.74, 6) is -1.04. The Bertz CT molecular complexity index is 948. The summed E-state index contributed by atoms with van der Waals surface area (Å²) in [6, 6.07) is 9.65. The van der Waals surface area contributed by atoms with E-state index < -0.39 is 18.5 Å². The maximum atomic E-state index is 12.0. The van der Waals surface area contributed by atoms with Crippen LogP contribution in [0, 0.1) is 13.8 Å². The van der Waals surface area contributed by atoms with Crippen LogP contribution in [0.25, 0.3) is 10.2 Å². The van der Waals surface area contributed by atoms with Crippen molar-refractivity contribution >= 4 is 38.6 Å². The number of rotatable bonds is 4. The van der Waals surface area contributed by atoms with Crippen LogP contribution < -0.4 is 5.32 Å². The van der Waals surface area contributed by atoms with Crippen molar-refractivity contribution in [2.75, 3.05) is 11.9 Å². The Morgan fingerprint density at radius 1 is 1.20 bits per heavy atom. The molecule has 0 spiro atoms. The van der Waals surface area contributed by atoms with Crippen molar-refractivity contribution in [1.29, 1.82) is 0 Å². The number of aryl methyl sites for hydroxylation is 2. The summed E-state index contributed by atoms with van der Waals surface area (Å²) < 4.78 is 5.96. The molecule has 0 unspecified atom stereocenters. The SMILES string of the molecule is Cc1cc(C)c2nc(NC(=O)COC(=O)c3ccc(O)cc3)sc2c1. The minimum atomic E-state index is -0.633. The lowest BCUT2D eigenvalue weighted by molar-refractivity contribution is -0.119. The molecule has 0 saturated carbocycles. The summed E-state index contributed by atoms with van der Waals surface area (Å²) in [7, 11) is 0. The van der Waals surface area contributed by atoms with Crippen molar-refractivity contribution in [2.45, 2.75) is 13.8 Å². The molecule has 1 amide bonds. The van der Waals surface area contributed by atoms with Gasteiger partial charge in [0.25, 0.3) is 5.91 Å². The average Bonchev–Trinajstić information content (AvgIpc) is 2.96. The highest BCUT2D eigenvalue weighted by Gasteiger charge is 2.13. The predicted molar refractivity (Wildman–Crippen MR) is 96.1 cm³/mol. The second-order valence-corrected chi connectivity index (χ2v) is 6.65. The van der Waals surface area contributed by atoms with Crippen LogP contribution in [0.2, 0.25) is 0 Å². The van der Waals surface area contributed by atoms with Crippen LogP contribution in [0.3, 0.4) is 0 Å². The summed E-state index contributed by atoms with van der Waals surface area (Å²) in [5, 5.41) is 12.3. The molecule has 128 valence electrons. The number of anilines is 1. The van der Waals surface area contributed by atoms with E-state index in [1.165, 1.54) is 35.6 Å². The van der Waals surface area contributed by atoms with Gasteiger partial charge in [0.2, 0.25) is 0 Å². The van der Waals surface area contributed by atoms with E-state index in [0.29, 0.717) is 5.13 Å². The topological polar surface area (TPSA) is 88.5 Å². The number of hydrogen-bond acceptors (Lipinski definition) is 6. The van der Waals surface area contributed by atoms with Gasteiger partial charge in [0.15, 0.2) is 11.7 Å². The molecule has 7 heteroatoms. The number of benzene rings is 2. The monoisotopic (exact) mass is 356 g/mol. The van der Waals surface area contributed by atoms with Gasteiger partial charge in [0.1, 0.15) is 5.75 Å². The Morgan fingerprint density at radius 3 is 2.64 bits per heavy atom. The average molecular weight is 356 g/mol. The van der Waals surface area contributed by atoms with E-state index in [9.17, 15) is 14.7 Å². The molecule has 3 aromatic rings. The lowest BCUT2D eigenvalue weighted by Gasteiger charge is -2.04. The second kappa shape index (κ2) is 6.90. The van der Waals surface area contributed by atoms with Gasteiger partial charge in [-0.2, -0.15) is 0 Å². The smallest absolute Gasteiger partial charge is 0.338 e. The number of hydrogen-bond donors (Lipinski definition) is 2. The Kier molecular flexibility index (Phi) is 4.67. The third kappa shape index (κ3) is 3.95. The molecular weight excluding hydrogens is 340 g/mol. The van der Waals surface area contributed by atoms with Crippen molar-refractivity contribution in [3.05, 3.63) is 53.1 Å². The van der Waals surface area contributed by atoms with Crippen LogP contribution in [-0.2, 0) is 9.53 Å². The molecule has 25 heavy (non-hydrogen) atoms. The van der Waals surface area contributed by atoms with Crippen LogP contribution in [-0.4, -0.2) is 28.6 Å². The third-order valence-electron chi connectivity index (χ3n) is 3.51. The maximum absolute atomic E-state index is 12.0. The number of phenolic OH excluding ortho intramolecular Hbond substituents is 1. The largest absolute Gasteiger partial charge is 0.508 e. The number of amides is 1. The van der Waals surface area contributed by atoms with Crippen molar-refractivity contribution in [1.82, 2.24) is 4.98 Å². The Labute approximate surface area is 148 Å². The van der Waals surface area contributed by atoms with E-state index >= 15 is 0 Å². The van der Waals surface area contributed by atoms with E-state index in [2.05, 4.69) is 10.3 Å². The first kappa shape index (κ1) is 16.9. The van der Waals surface area contributed by atoms with Crippen molar-refractivity contribution in [3.63, 3.8) is 0 Å². The number of esters is 1. The van der Waals surface area contributed by atoms with Crippen LogP contribution in [0.5, 0.6) is 5.75 Å². The molecule has 6 nitrogen and oxygen atoms in total. The van der Waals surface area contributed by atoms with Crippen molar-refractivity contribution < 1.29 is 19.4 Å². The number of nitrogens with one attached hydrogen (secondary N) is 1. The number of carbonyl (C=O) groups excluding carboxylic acids is 2. The summed E-state index contributed by atoms with van der Waals surface area (Å²) in [6.07, 6.45) is 0. The fourth-order valence-corrected chi connectivity index (χ4v) is 3.45. The molecule has 2 aromatic carbocycles. The molecule has 3 rings (SSSR count). The Hall–Kier alpha value is -2.93. The normalized spacial score (nSPS) is 10.6. The number of carbonyl (C=O) groups is 2. The van der Waals surface area contributed by atoms with Crippen LogP contribution >= 0.6 is 11.3 Å². The van der Waals surface area contributed by atoms with Gasteiger partial charge >= 0.3 is 5.97 Å². The number of thiazole rings is 1. The molecule has 0 aliphatic heterocycles. The lowest BCUT2D eigenvalue weighted by Crippen LogP contribution is -2.20. The number of nitrogens with zero attached hydrogens (tertiary/aromatic N) is 1. The summed E-state index contributed by atoms with van der Waals surface area (Å²) in [4.78, 5) is 28.2. The molecule has 0 atom stereocenters. The summed E-state index contributed by atoms with van der Waals surface area (Å²) >= 11 is 1.37. The minimum Gasteiger partial charge on any atom is -0.508 e. The third-order valence-corrected chi connectivity index (χ3v) is 4.43. The molecule has 0 fully saturated rings. The predicted octanol–water partition coefficient (Wildman–Crippen LogP) is 3.41. The first-order valence-electron chi connectivity index (χ1n) is 7.56. The zero-order valence-corrected chi connectivity index (χ0v) is 14.5. The van der Waals surface area contributed by atoms with Gasteiger partial charge in [0.05, 0.1) is 15.8 Å². The molecule has 1 aromatic heterocycles. The number of fused-ring (bicyclic) bond motifs is 1. The second-order valence-electron chi connectivity index (χ2n) is 5.62. The quantitative estimate of drug-likeness (QED) is 0.699. The molecule has 0 saturated heterocycles. The first-order valence-corrected chi connectivity index (χ1v) is 8.38. The Morgan fingerprint density at radius 2 is 1.92 bits per heavy atom. The molecule has 1 heterocycles. The van der Waals surface area contributed by atoms with Gasteiger partial charge in [-0.25, -0.2) is 9.78 Å². The number of aromatic hydroxyl groups is 1. The van der Waals surface area contributed by atoms with Crippen LogP contribution in [0.4, 0.5) is 5.13 Å². The van der Waals surface area contributed by atoms with Crippen LogP contribution in [0.1, 0.15) is 21.5 Å². The minimum absolute atomic E-state index is 0.0515. The van der Waals surface area contributed by atoms with E-state index in [1.54, 1.807) is 0 Å². The van der Waals surface area contributed by atoms with Crippen molar-refractivity contribution in [3.8, 4) is 5.75 Å². The fraction of sp³-hybridized carbons (Fsp3) is 0.167. The zero-order valence-electron chi connectivity index (χ0n) is 13.7. The Balaban J connectivity index is 1.62.